The average Bonchev–Trinajstić information content (AvgIpc) is 3.09. The first kappa shape index (κ1) is 17.3. The van der Waals surface area contributed by atoms with Gasteiger partial charge in [-0.2, -0.15) is 0 Å². The third-order valence-electron chi connectivity index (χ3n) is 4.30. The summed E-state index contributed by atoms with van der Waals surface area (Å²) in [6.45, 7) is 6.26. The monoisotopic (exact) mass is 340 g/mol. The van der Waals surface area contributed by atoms with Gasteiger partial charge in [-0.3, -0.25) is 9.69 Å². The molecule has 2 aromatic rings. The van der Waals surface area contributed by atoms with E-state index in [1.807, 2.05) is 42.5 Å². The summed E-state index contributed by atoms with van der Waals surface area (Å²) < 4.78 is 10.7. The van der Waals surface area contributed by atoms with Crippen LogP contribution in [0.15, 0.2) is 42.5 Å². The molecule has 1 heterocycles. The first-order chi connectivity index (χ1) is 12.2. The number of fused-ring (bicyclic) bond motifs is 1. The average molecular weight is 340 g/mol. The fraction of sp³-hybridized carbons (Fsp3) is 0.350. The highest BCUT2D eigenvalue weighted by atomic mass is 16.7. The number of amides is 1. The van der Waals surface area contributed by atoms with Crippen molar-refractivity contribution in [1.82, 2.24) is 4.90 Å². The maximum atomic E-state index is 12.3. The number of rotatable bonds is 7. The van der Waals surface area contributed by atoms with Gasteiger partial charge in [-0.15, -0.1) is 0 Å². The van der Waals surface area contributed by atoms with E-state index in [0.717, 1.165) is 35.7 Å². The number of anilines is 1. The highest BCUT2D eigenvalue weighted by molar-refractivity contribution is 5.92. The summed E-state index contributed by atoms with van der Waals surface area (Å²) in [7, 11) is 0. The molecule has 1 amide bonds. The van der Waals surface area contributed by atoms with Gasteiger partial charge in [-0.05, 0) is 48.4 Å². The van der Waals surface area contributed by atoms with Crippen molar-refractivity contribution in [3.05, 3.63) is 53.6 Å². The number of ether oxygens (including phenoxy) is 2. The lowest BCUT2D eigenvalue weighted by molar-refractivity contribution is -0.117. The van der Waals surface area contributed by atoms with Crippen LogP contribution in [-0.2, 0) is 17.8 Å². The van der Waals surface area contributed by atoms with E-state index >= 15 is 0 Å². The van der Waals surface area contributed by atoms with Crippen molar-refractivity contribution >= 4 is 11.6 Å². The summed E-state index contributed by atoms with van der Waals surface area (Å²) in [6.07, 6.45) is 0.993. The van der Waals surface area contributed by atoms with Crippen molar-refractivity contribution in [2.45, 2.75) is 26.8 Å². The summed E-state index contributed by atoms with van der Waals surface area (Å²) in [6, 6.07) is 13.9. The highest BCUT2D eigenvalue weighted by Crippen LogP contribution is 2.32. The molecule has 0 saturated carbocycles. The van der Waals surface area contributed by atoms with Crippen LogP contribution in [0.3, 0.4) is 0 Å². The van der Waals surface area contributed by atoms with Crippen LogP contribution in [0.25, 0.3) is 0 Å². The third-order valence-corrected chi connectivity index (χ3v) is 4.30. The predicted molar refractivity (Wildman–Crippen MR) is 98.0 cm³/mol. The molecule has 3 rings (SSSR count). The standard InChI is InChI=1S/C20H24N2O3/c1-3-15-5-8-17(9-6-15)21-20(23)13-22(4-2)12-16-7-10-18-19(11-16)25-14-24-18/h5-11H,3-4,12-14H2,1-2H3,(H,21,23). The minimum Gasteiger partial charge on any atom is -0.454 e. The molecular weight excluding hydrogens is 316 g/mol. The Bertz CT molecular complexity index is 728. The second-order valence-corrected chi connectivity index (χ2v) is 6.09. The lowest BCUT2D eigenvalue weighted by Crippen LogP contribution is -2.32. The Morgan fingerprint density at radius 1 is 1.04 bits per heavy atom. The molecule has 0 bridgehead atoms. The van der Waals surface area contributed by atoms with E-state index in [-0.39, 0.29) is 12.7 Å². The van der Waals surface area contributed by atoms with Crippen molar-refractivity contribution in [2.24, 2.45) is 0 Å². The minimum absolute atomic E-state index is 0.00755. The fourth-order valence-electron chi connectivity index (χ4n) is 2.80. The topological polar surface area (TPSA) is 50.8 Å². The van der Waals surface area contributed by atoms with Gasteiger partial charge >= 0.3 is 0 Å². The van der Waals surface area contributed by atoms with E-state index < -0.39 is 0 Å². The number of likely N-dealkylation sites (N-methyl/N-ethyl adjacent to an activating group) is 1. The molecule has 0 fully saturated rings. The molecule has 1 N–H and O–H groups in total. The van der Waals surface area contributed by atoms with Crippen LogP contribution in [-0.4, -0.2) is 30.7 Å². The van der Waals surface area contributed by atoms with Crippen molar-refractivity contribution < 1.29 is 14.3 Å². The van der Waals surface area contributed by atoms with Gasteiger partial charge in [0.1, 0.15) is 0 Å². The van der Waals surface area contributed by atoms with Gasteiger partial charge in [0.05, 0.1) is 6.54 Å². The number of carbonyl (C=O) groups excluding carboxylic acids is 1. The van der Waals surface area contributed by atoms with Crippen LogP contribution >= 0.6 is 0 Å². The molecule has 25 heavy (non-hydrogen) atoms. The Labute approximate surface area is 148 Å². The molecule has 2 aromatic carbocycles. The van der Waals surface area contributed by atoms with E-state index in [4.69, 9.17) is 9.47 Å². The predicted octanol–water partition coefficient (Wildman–Crippen LogP) is 3.44. The quantitative estimate of drug-likeness (QED) is 0.839. The SMILES string of the molecule is CCc1ccc(NC(=O)CN(CC)Cc2ccc3c(c2)OCO3)cc1. The van der Waals surface area contributed by atoms with Crippen LogP contribution < -0.4 is 14.8 Å². The number of aryl methyl sites for hydroxylation is 1. The zero-order valence-corrected chi connectivity index (χ0v) is 14.7. The van der Waals surface area contributed by atoms with Crippen LogP contribution in [0.4, 0.5) is 5.69 Å². The first-order valence-electron chi connectivity index (χ1n) is 8.67. The van der Waals surface area contributed by atoms with Crippen LogP contribution in [0.2, 0.25) is 0 Å². The van der Waals surface area contributed by atoms with E-state index in [1.165, 1.54) is 5.56 Å². The molecule has 5 heteroatoms. The van der Waals surface area contributed by atoms with E-state index in [1.54, 1.807) is 0 Å². The van der Waals surface area contributed by atoms with Crippen LogP contribution in [0, 0.1) is 0 Å². The highest BCUT2D eigenvalue weighted by Gasteiger charge is 2.15. The molecule has 0 spiro atoms. The summed E-state index contributed by atoms with van der Waals surface area (Å²) in [4.78, 5) is 14.4. The molecule has 132 valence electrons. The molecule has 0 aliphatic carbocycles. The smallest absolute Gasteiger partial charge is 0.238 e. The largest absolute Gasteiger partial charge is 0.454 e. The minimum atomic E-state index is -0.00755. The second kappa shape index (κ2) is 8.03. The molecule has 1 aliphatic heterocycles. The zero-order chi connectivity index (χ0) is 17.6. The lowest BCUT2D eigenvalue weighted by atomic mass is 10.1. The number of hydrogen-bond donors (Lipinski definition) is 1. The van der Waals surface area contributed by atoms with Gasteiger partial charge < -0.3 is 14.8 Å². The molecule has 0 radical (unpaired) electrons. The molecule has 1 aliphatic rings. The van der Waals surface area contributed by atoms with E-state index in [0.29, 0.717) is 13.1 Å². The van der Waals surface area contributed by atoms with Crippen LogP contribution in [0.5, 0.6) is 11.5 Å². The Hall–Kier alpha value is -2.53. The van der Waals surface area contributed by atoms with Gasteiger partial charge in [0.25, 0.3) is 0 Å². The number of nitrogens with zero attached hydrogens (tertiary/aromatic N) is 1. The maximum Gasteiger partial charge on any atom is 0.238 e. The van der Waals surface area contributed by atoms with Crippen molar-refractivity contribution in [3.8, 4) is 11.5 Å². The van der Waals surface area contributed by atoms with Gasteiger partial charge in [0.15, 0.2) is 11.5 Å². The normalized spacial score (nSPS) is 12.4. The van der Waals surface area contributed by atoms with Crippen molar-refractivity contribution in [3.63, 3.8) is 0 Å². The maximum absolute atomic E-state index is 12.3. The fourth-order valence-corrected chi connectivity index (χ4v) is 2.80. The third kappa shape index (κ3) is 4.51. The van der Waals surface area contributed by atoms with E-state index in [9.17, 15) is 4.79 Å². The van der Waals surface area contributed by atoms with Crippen molar-refractivity contribution in [1.29, 1.82) is 0 Å². The van der Waals surface area contributed by atoms with Crippen molar-refractivity contribution in [2.75, 3.05) is 25.2 Å². The molecule has 0 saturated heterocycles. The summed E-state index contributed by atoms with van der Waals surface area (Å²) in [5.41, 5.74) is 3.20. The Morgan fingerprint density at radius 3 is 2.48 bits per heavy atom. The Balaban J connectivity index is 1.56. The summed E-state index contributed by atoms with van der Waals surface area (Å²) >= 11 is 0. The summed E-state index contributed by atoms with van der Waals surface area (Å²) in [5.74, 6) is 1.54. The van der Waals surface area contributed by atoms with Crippen LogP contribution in [0.1, 0.15) is 25.0 Å². The van der Waals surface area contributed by atoms with Gasteiger partial charge in [-0.25, -0.2) is 0 Å². The summed E-state index contributed by atoms with van der Waals surface area (Å²) in [5, 5.41) is 2.96. The van der Waals surface area contributed by atoms with Gasteiger partial charge in [0, 0.05) is 12.2 Å². The Morgan fingerprint density at radius 2 is 1.76 bits per heavy atom. The number of nitrogens with one attached hydrogen (secondary N) is 1. The lowest BCUT2D eigenvalue weighted by Gasteiger charge is -2.20. The second-order valence-electron chi connectivity index (χ2n) is 6.09. The molecule has 0 atom stereocenters. The number of carbonyl (C=O) groups is 1. The Kier molecular flexibility index (Phi) is 5.56. The number of hydrogen-bond acceptors (Lipinski definition) is 4. The van der Waals surface area contributed by atoms with Gasteiger partial charge in [0.2, 0.25) is 12.7 Å². The molecule has 5 nitrogen and oxygen atoms in total. The van der Waals surface area contributed by atoms with E-state index in [2.05, 4.69) is 24.1 Å². The molecule has 0 unspecified atom stereocenters. The van der Waals surface area contributed by atoms with Gasteiger partial charge in [-0.1, -0.05) is 32.0 Å². The first-order valence-corrected chi connectivity index (χ1v) is 8.67. The molecule has 0 aromatic heterocycles. The number of benzene rings is 2. The molecular formula is C20H24N2O3. The zero-order valence-electron chi connectivity index (χ0n) is 14.7.